The smallest absolute Gasteiger partial charge is 0.0459 e. The predicted molar refractivity (Wildman–Crippen MR) is 146 cm³/mol. The molecule has 0 fully saturated rings. The first-order valence-electron chi connectivity index (χ1n) is 14.0. The van der Waals surface area contributed by atoms with E-state index in [9.17, 15) is 0 Å². The summed E-state index contributed by atoms with van der Waals surface area (Å²) in [5.41, 5.74) is 0. The third kappa shape index (κ3) is 17.1. The van der Waals surface area contributed by atoms with Gasteiger partial charge in [0.05, 0.1) is 0 Å². The minimum Gasteiger partial charge on any atom is -0.396 e. The summed E-state index contributed by atoms with van der Waals surface area (Å²) in [4.78, 5) is 0. The van der Waals surface area contributed by atoms with Crippen molar-refractivity contribution >= 4 is 0 Å². The van der Waals surface area contributed by atoms with Gasteiger partial charge in [-0.05, 0) is 53.3 Å². The monoisotopic (exact) mass is 443 g/mol. The Morgan fingerprint density at radius 2 is 0.677 bits per heavy atom. The average molecular weight is 443 g/mol. The second-order valence-electron chi connectivity index (χ2n) is 11.0. The molecular formula is C30H66O. The maximum atomic E-state index is 8.85. The van der Waals surface area contributed by atoms with Crippen molar-refractivity contribution in [1.82, 2.24) is 0 Å². The molecule has 0 aromatic rings. The van der Waals surface area contributed by atoms with Crippen LogP contribution < -0.4 is 0 Å². The summed E-state index contributed by atoms with van der Waals surface area (Å²) in [7, 11) is 0. The second kappa shape index (κ2) is 21.8. The fourth-order valence-corrected chi connectivity index (χ4v) is 4.05. The number of aliphatic hydroxyl groups is 1. The van der Waals surface area contributed by atoms with Crippen molar-refractivity contribution in [2.75, 3.05) is 6.61 Å². The van der Waals surface area contributed by atoms with Crippen molar-refractivity contribution in [3.05, 3.63) is 0 Å². The minimum atomic E-state index is 0.325. The molecule has 31 heavy (non-hydrogen) atoms. The van der Waals surface area contributed by atoms with Gasteiger partial charge in [-0.2, -0.15) is 0 Å². The quantitative estimate of drug-likeness (QED) is 0.301. The average Bonchev–Trinajstić information content (AvgIpc) is 2.80. The standard InChI is InChI=1S/C11H24.C10H22.C9H20O/c1-6-8-10(4)11(5)9(3)7-2;1-6-8(3)10(5)9(4)7-2;1-5-7(2)9(4)8(3)6-10/h9-11H,6-8H2,1-5H3;8-10H,6-7H2,1-5H3;7-10H,5-6H2,1-4H3. The lowest BCUT2D eigenvalue weighted by Crippen LogP contribution is -2.18. The lowest BCUT2D eigenvalue weighted by molar-refractivity contribution is 0.163. The molecule has 0 rings (SSSR count). The Morgan fingerprint density at radius 3 is 0.903 bits per heavy atom. The van der Waals surface area contributed by atoms with Gasteiger partial charge in [0.1, 0.15) is 0 Å². The lowest BCUT2D eigenvalue weighted by Gasteiger charge is -2.24. The van der Waals surface area contributed by atoms with Gasteiger partial charge in [-0.25, -0.2) is 0 Å². The van der Waals surface area contributed by atoms with Gasteiger partial charge in [0.15, 0.2) is 0 Å². The maximum absolute atomic E-state index is 8.85. The summed E-state index contributed by atoms with van der Waals surface area (Å²) in [6.45, 7) is 32.5. The molecule has 0 bridgehead atoms. The van der Waals surface area contributed by atoms with Crippen LogP contribution in [-0.2, 0) is 0 Å². The number of hydrogen-bond donors (Lipinski definition) is 1. The van der Waals surface area contributed by atoms with Crippen LogP contribution in [0.15, 0.2) is 0 Å². The molecule has 0 spiro atoms. The van der Waals surface area contributed by atoms with E-state index in [1.165, 1.54) is 38.5 Å². The molecule has 0 aromatic heterocycles. The molecule has 0 heterocycles. The summed E-state index contributed by atoms with van der Waals surface area (Å²) >= 11 is 0. The Hall–Kier alpha value is -0.0400. The van der Waals surface area contributed by atoms with Gasteiger partial charge in [-0.3, -0.25) is 0 Å². The van der Waals surface area contributed by atoms with Crippen LogP contribution in [0.25, 0.3) is 0 Å². The van der Waals surface area contributed by atoms with E-state index >= 15 is 0 Å². The maximum Gasteiger partial charge on any atom is 0.0459 e. The van der Waals surface area contributed by atoms with Crippen LogP contribution in [0, 0.1) is 53.3 Å². The largest absolute Gasteiger partial charge is 0.396 e. The van der Waals surface area contributed by atoms with Crippen LogP contribution in [0.4, 0.5) is 0 Å². The SMILES string of the molecule is CCC(C)C(C)C(C)CC.CCC(C)C(C)C(C)CO.CCCC(C)C(C)C(C)CC. The Labute approximate surface area is 200 Å². The molecule has 1 nitrogen and oxygen atoms in total. The van der Waals surface area contributed by atoms with E-state index in [-0.39, 0.29) is 0 Å². The lowest BCUT2D eigenvalue weighted by atomic mass is 9.81. The first kappa shape index (κ1) is 35.5. The van der Waals surface area contributed by atoms with Gasteiger partial charge in [0.2, 0.25) is 0 Å². The third-order valence-corrected chi connectivity index (χ3v) is 8.99. The van der Waals surface area contributed by atoms with Crippen molar-refractivity contribution in [3.63, 3.8) is 0 Å². The first-order valence-corrected chi connectivity index (χ1v) is 14.0. The highest BCUT2D eigenvalue weighted by atomic mass is 16.3. The molecule has 0 amide bonds. The third-order valence-electron chi connectivity index (χ3n) is 8.99. The summed E-state index contributed by atoms with van der Waals surface area (Å²) < 4.78 is 0. The zero-order valence-corrected chi connectivity index (χ0v) is 24.6. The highest BCUT2D eigenvalue weighted by molar-refractivity contribution is 4.67. The van der Waals surface area contributed by atoms with E-state index in [2.05, 4.69) is 96.9 Å². The Kier molecular flexibility index (Phi) is 25.0. The molecule has 0 aromatic carbocycles. The predicted octanol–water partition coefficient (Wildman–Crippen LogP) is 10.1. The second-order valence-corrected chi connectivity index (χ2v) is 11.0. The van der Waals surface area contributed by atoms with Gasteiger partial charge in [-0.15, -0.1) is 0 Å². The van der Waals surface area contributed by atoms with Gasteiger partial charge >= 0.3 is 0 Å². The number of aliphatic hydroxyl groups excluding tert-OH is 1. The van der Waals surface area contributed by atoms with Gasteiger partial charge < -0.3 is 5.11 Å². The zero-order valence-electron chi connectivity index (χ0n) is 24.6. The van der Waals surface area contributed by atoms with Crippen LogP contribution >= 0.6 is 0 Å². The van der Waals surface area contributed by atoms with E-state index in [0.29, 0.717) is 18.4 Å². The van der Waals surface area contributed by atoms with E-state index in [1.807, 2.05) is 0 Å². The molecular weight excluding hydrogens is 376 g/mol. The summed E-state index contributed by atoms with van der Waals surface area (Å²) in [6, 6.07) is 0. The van der Waals surface area contributed by atoms with Crippen LogP contribution in [-0.4, -0.2) is 11.7 Å². The molecule has 8 atom stereocenters. The molecule has 0 saturated heterocycles. The Morgan fingerprint density at radius 1 is 0.419 bits per heavy atom. The summed E-state index contributed by atoms with van der Waals surface area (Å²) in [5, 5.41) is 8.85. The molecule has 0 saturated carbocycles. The number of rotatable bonds is 13. The normalized spacial score (nSPS) is 19.8. The molecule has 0 aliphatic heterocycles. The summed E-state index contributed by atoms with van der Waals surface area (Å²) in [5.74, 6) is 7.25. The topological polar surface area (TPSA) is 20.2 Å². The van der Waals surface area contributed by atoms with E-state index in [0.717, 1.165) is 41.4 Å². The van der Waals surface area contributed by atoms with E-state index in [1.54, 1.807) is 0 Å². The Bertz CT molecular complexity index is 310. The van der Waals surface area contributed by atoms with Gasteiger partial charge in [0.25, 0.3) is 0 Å². The van der Waals surface area contributed by atoms with Crippen molar-refractivity contribution in [1.29, 1.82) is 0 Å². The highest BCUT2D eigenvalue weighted by Crippen LogP contribution is 2.26. The van der Waals surface area contributed by atoms with Crippen LogP contribution in [0.3, 0.4) is 0 Å². The zero-order chi connectivity index (χ0) is 25.1. The molecule has 0 radical (unpaired) electrons. The fraction of sp³-hybridized carbons (Fsp3) is 1.00. The first-order chi connectivity index (χ1) is 14.4. The molecule has 8 unspecified atom stereocenters. The van der Waals surface area contributed by atoms with Crippen LogP contribution in [0.2, 0.25) is 0 Å². The van der Waals surface area contributed by atoms with Crippen LogP contribution in [0.5, 0.6) is 0 Å². The Balaban J connectivity index is -0.000000380. The van der Waals surface area contributed by atoms with Crippen LogP contribution in [0.1, 0.15) is 135 Å². The molecule has 1 heteroatoms. The summed E-state index contributed by atoms with van der Waals surface area (Å²) in [6.07, 6.45) is 7.92. The van der Waals surface area contributed by atoms with Crippen molar-refractivity contribution in [2.45, 2.75) is 135 Å². The van der Waals surface area contributed by atoms with Gasteiger partial charge in [0, 0.05) is 6.61 Å². The fourth-order valence-electron chi connectivity index (χ4n) is 4.05. The minimum absolute atomic E-state index is 0.325. The van der Waals surface area contributed by atoms with E-state index in [4.69, 9.17) is 5.11 Å². The molecule has 192 valence electrons. The van der Waals surface area contributed by atoms with E-state index < -0.39 is 0 Å². The van der Waals surface area contributed by atoms with Crippen molar-refractivity contribution in [2.24, 2.45) is 53.3 Å². The highest BCUT2D eigenvalue weighted by Gasteiger charge is 2.17. The molecule has 1 N–H and O–H groups in total. The van der Waals surface area contributed by atoms with Crippen molar-refractivity contribution in [3.8, 4) is 0 Å². The van der Waals surface area contributed by atoms with Gasteiger partial charge in [-0.1, -0.05) is 135 Å². The number of hydrogen-bond acceptors (Lipinski definition) is 1. The molecule has 0 aliphatic carbocycles. The van der Waals surface area contributed by atoms with Crippen molar-refractivity contribution < 1.29 is 5.11 Å². The molecule has 0 aliphatic rings.